The molecule has 1 N–H and O–H groups in total. The van der Waals surface area contributed by atoms with Crippen LogP contribution in [-0.4, -0.2) is 69.7 Å². The largest absolute Gasteiger partial charge is 0.364 e. The summed E-state index contributed by atoms with van der Waals surface area (Å²) >= 11 is 0. The Morgan fingerprint density at radius 2 is 2.00 bits per heavy atom. The van der Waals surface area contributed by atoms with E-state index in [0.29, 0.717) is 0 Å². The first-order valence-electron chi connectivity index (χ1n) is 10.3. The number of hydrogen-bond donors (Lipinski definition) is 1. The second-order valence-corrected chi connectivity index (χ2v) is 7.29. The molecule has 8 heteroatoms. The molecule has 154 valence electrons. The second-order valence-electron chi connectivity index (χ2n) is 7.29. The number of nitrogens with one attached hydrogen (secondary N) is 1. The lowest BCUT2D eigenvalue weighted by Gasteiger charge is -2.36. The Balaban J connectivity index is 1.36. The van der Waals surface area contributed by atoms with E-state index in [1.165, 1.54) is 5.52 Å². The molecule has 0 bridgehead atoms. The van der Waals surface area contributed by atoms with E-state index in [9.17, 15) is 0 Å². The molecule has 4 rings (SSSR count). The van der Waals surface area contributed by atoms with E-state index in [2.05, 4.69) is 61.9 Å². The van der Waals surface area contributed by atoms with Crippen LogP contribution in [0.1, 0.15) is 18.4 Å². The highest BCUT2D eigenvalue weighted by molar-refractivity contribution is 5.80. The minimum Gasteiger partial charge on any atom is -0.364 e. The first kappa shape index (κ1) is 19.4. The zero-order valence-corrected chi connectivity index (χ0v) is 17.2. The van der Waals surface area contributed by atoms with Gasteiger partial charge in [0.05, 0.1) is 23.3 Å². The first-order valence-corrected chi connectivity index (χ1v) is 10.3. The number of benzene rings is 1. The maximum atomic E-state index is 4.93. The molecule has 8 nitrogen and oxygen atoms in total. The van der Waals surface area contributed by atoms with Crippen molar-refractivity contribution in [1.82, 2.24) is 29.8 Å². The summed E-state index contributed by atoms with van der Waals surface area (Å²) < 4.78 is 7.18. The van der Waals surface area contributed by atoms with Gasteiger partial charge in [0.25, 0.3) is 0 Å². The zero-order chi connectivity index (χ0) is 20.1. The Morgan fingerprint density at radius 3 is 2.76 bits per heavy atom. The Kier molecular flexibility index (Phi) is 6.09. The van der Waals surface area contributed by atoms with Crippen molar-refractivity contribution in [1.29, 1.82) is 0 Å². The lowest BCUT2D eigenvalue weighted by molar-refractivity contribution is 0.169. The minimum atomic E-state index is 0.725. The topological polar surface area (TPSA) is 74.7 Å². The van der Waals surface area contributed by atoms with Crippen molar-refractivity contribution in [2.75, 3.05) is 39.3 Å². The number of guanidine groups is 1. The molecule has 1 aliphatic rings. The van der Waals surface area contributed by atoms with Gasteiger partial charge >= 0.3 is 0 Å². The third kappa shape index (κ3) is 4.59. The number of aryl methyl sites for hydroxylation is 1. The lowest BCUT2D eigenvalue weighted by atomic mass is 10.3. The summed E-state index contributed by atoms with van der Waals surface area (Å²) in [6.07, 6.45) is 1.63. The van der Waals surface area contributed by atoms with Gasteiger partial charge in [-0.2, -0.15) is 0 Å². The molecule has 0 saturated carbocycles. The minimum absolute atomic E-state index is 0.725. The molecule has 0 amide bonds. The average molecular weight is 396 g/mol. The van der Waals surface area contributed by atoms with Crippen LogP contribution in [0, 0.1) is 6.92 Å². The highest BCUT2D eigenvalue weighted by Crippen LogP contribution is 2.15. The van der Waals surface area contributed by atoms with Crippen molar-refractivity contribution in [3.63, 3.8) is 0 Å². The lowest BCUT2D eigenvalue weighted by Crippen LogP contribution is -2.52. The fourth-order valence-corrected chi connectivity index (χ4v) is 3.83. The smallest absolute Gasteiger partial charge is 0.194 e. The molecule has 0 aliphatic carbocycles. The summed E-state index contributed by atoms with van der Waals surface area (Å²) in [6, 6.07) is 10.2. The third-order valence-electron chi connectivity index (χ3n) is 5.31. The quantitative estimate of drug-likeness (QED) is 0.509. The Hall–Kier alpha value is -2.87. The van der Waals surface area contributed by atoms with Gasteiger partial charge in [-0.3, -0.25) is 9.89 Å². The average Bonchev–Trinajstić information content (AvgIpc) is 3.35. The number of nitrogens with zero attached hydrogens (tertiary/aromatic N) is 6. The van der Waals surface area contributed by atoms with E-state index in [-0.39, 0.29) is 0 Å². The molecule has 3 aromatic rings. The van der Waals surface area contributed by atoms with Gasteiger partial charge in [0.15, 0.2) is 5.96 Å². The monoisotopic (exact) mass is 395 g/mol. The molecule has 0 atom stereocenters. The summed E-state index contributed by atoms with van der Waals surface area (Å²) in [6.45, 7) is 11.3. The zero-order valence-electron chi connectivity index (χ0n) is 17.2. The van der Waals surface area contributed by atoms with E-state index in [1.54, 1.807) is 6.26 Å². The predicted octanol–water partition coefficient (Wildman–Crippen LogP) is 2.12. The van der Waals surface area contributed by atoms with E-state index >= 15 is 0 Å². The van der Waals surface area contributed by atoms with Crippen LogP contribution in [0.5, 0.6) is 0 Å². The van der Waals surface area contributed by atoms with Crippen molar-refractivity contribution in [3.8, 4) is 0 Å². The first-order chi connectivity index (χ1) is 14.2. The molecule has 3 heterocycles. The number of aliphatic imine (C=N–C) groups is 1. The summed E-state index contributed by atoms with van der Waals surface area (Å²) in [7, 11) is 0. The SMILES string of the molecule is CCNC(=NCCn1c(C)nc2ccccc21)N1CCN(Cc2ccon2)CC1. The van der Waals surface area contributed by atoms with E-state index in [0.717, 1.165) is 75.4 Å². The number of aromatic nitrogens is 3. The fraction of sp³-hybridized carbons (Fsp3) is 0.476. The van der Waals surface area contributed by atoms with Crippen molar-refractivity contribution < 1.29 is 4.52 Å². The highest BCUT2D eigenvalue weighted by atomic mass is 16.5. The summed E-state index contributed by atoms with van der Waals surface area (Å²) in [5.74, 6) is 2.03. The van der Waals surface area contributed by atoms with E-state index in [4.69, 9.17) is 9.52 Å². The van der Waals surface area contributed by atoms with Crippen LogP contribution < -0.4 is 5.32 Å². The van der Waals surface area contributed by atoms with Crippen LogP contribution in [0.15, 0.2) is 46.1 Å². The summed E-state index contributed by atoms with van der Waals surface area (Å²) in [5, 5.41) is 7.46. The van der Waals surface area contributed by atoms with Crippen LogP contribution in [0.4, 0.5) is 0 Å². The van der Waals surface area contributed by atoms with E-state index in [1.807, 2.05) is 12.1 Å². The predicted molar refractivity (Wildman–Crippen MR) is 114 cm³/mol. The van der Waals surface area contributed by atoms with Gasteiger partial charge in [0.2, 0.25) is 0 Å². The Labute approximate surface area is 171 Å². The van der Waals surface area contributed by atoms with Gasteiger partial charge in [-0.05, 0) is 26.0 Å². The van der Waals surface area contributed by atoms with Gasteiger partial charge in [-0.25, -0.2) is 4.98 Å². The molecule has 1 saturated heterocycles. The molecule has 1 aromatic carbocycles. The van der Waals surface area contributed by atoms with Crippen LogP contribution in [0.25, 0.3) is 11.0 Å². The second kappa shape index (κ2) is 9.09. The van der Waals surface area contributed by atoms with Crippen LogP contribution >= 0.6 is 0 Å². The van der Waals surface area contributed by atoms with Crippen molar-refractivity contribution in [3.05, 3.63) is 48.1 Å². The van der Waals surface area contributed by atoms with Gasteiger partial charge in [-0.15, -0.1) is 0 Å². The van der Waals surface area contributed by atoms with Crippen molar-refractivity contribution >= 4 is 17.0 Å². The van der Waals surface area contributed by atoms with Gasteiger partial charge in [0.1, 0.15) is 12.1 Å². The molecular weight excluding hydrogens is 366 g/mol. The maximum absolute atomic E-state index is 4.93. The molecule has 29 heavy (non-hydrogen) atoms. The molecule has 1 aliphatic heterocycles. The van der Waals surface area contributed by atoms with Crippen LogP contribution in [-0.2, 0) is 13.1 Å². The van der Waals surface area contributed by atoms with Crippen molar-refractivity contribution in [2.24, 2.45) is 4.99 Å². The molecular formula is C21H29N7O. The standard InChI is InChI=1S/C21H29N7O/c1-3-22-21(27-13-11-26(12-14-27)16-18-8-15-29-25-18)23-9-10-28-17(2)24-19-6-4-5-7-20(19)28/h4-8,15H,3,9-14,16H2,1-2H3,(H,22,23). The molecule has 2 aromatic heterocycles. The number of fused-ring (bicyclic) bond motifs is 1. The summed E-state index contributed by atoms with van der Waals surface area (Å²) in [5.41, 5.74) is 3.21. The summed E-state index contributed by atoms with van der Waals surface area (Å²) in [4.78, 5) is 14.3. The van der Waals surface area contributed by atoms with Gasteiger partial charge in [0, 0.05) is 51.9 Å². The van der Waals surface area contributed by atoms with Crippen molar-refractivity contribution in [2.45, 2.75) is 26.9 Å². The molecule has 0 spiro atoms. The third-order valence-corrected chi connectivity index (χ3v) is 5.31. The number of rotatable bonds is 6. The van der Waals surface area contributed by atoms with Crippen LogP contribution in [0.3, 0.4) is 0 Å². The normalized spacial score (nSPS) is 15.9. The number of imidazole rings is 1. The van der Waals surface area contributed by atoms with E-state index < -0.39 is 0 Å². The number of hydrogen-bond acceptors (Lipinski definition) is 5. The van der Waals surface area contributed by atoms with Gasteiger partial charge in [-0.1, -0.05) is 17.3 Å². The molecule has 0 unspecified atom stereocenters. The molecule has 1 fully saturated rings. The Morgan fingerprint density at radius 1 is 1.17 bits per heavy atom. The van der Waals surface area contributed by atoms with Crippen LogP contribution in [0.2, 0.25) is 0 Å². The number of para-hydroxylation sites is 2. The maximum Gasteiger partial charge on any atom is 0.194 e. The number of piperazine rings is 1. The Bertz CT molecular complexity index is 939. The highest BCUT2D eigenvalue weighted by Gasteiger charge is 2.20. The fourth-order valence-electron chi connectivity index (χ4n) is 3.83. The molecule has 0 radical (unpaired) electrons. The van der Waals surface area contributed by atoms with Gasteiger partial charge < -0.3 is 19.3 Å².